The lowest BCUT2D eigenvalue weighted by Crippen LogP contribution is -2.14. The Morgan fingerprint density at radius 2 is 1.85 bits per heavy atom. The average molecular weight is 373 g/mol. The fourth-order valence-electron chi connectivity index (χ4n) is 1.99. The maximum absolute atomic E-state index is 12.3. The summed E-state index contributed by atoms with van der Waals surface area (Å²) < 4.78 is 0. The Bertz CT molecular complexity index is 981. The molecule has 2 aromatic carbocycles. The van der Waals surface area contributed by atoms with Gasteiger partial charge in [0.15, 0.2) is 0 Å². The average Bonchev–Trinajstić information content (AvgIpc) is 2.61. The van der Waals surface area contributed by atoms with Crippen molar-refractivity contribution in [1.82, 2.24) is 0 Å². The highest BCUT2D eigenvalue weighted by molar-refractivity contribution is 6.34. The number of para-hydroxylation sites is 1. The number of rotatable bonds is 5. The SMILES string of the molecule is N#C/C(=C\c1ccccc1[N+](=O)[O-])C(=O)Nc1cc([N+](=O)[O-])ccc1Cl. The second kappa shape index (κ2) is 7.87. The normalized spacial score (nSPS) is 10.7. The van der Waals surface area contributed by atoms with Gasteiger partial charge in [-0.05, 0) is 18.2 Å². The molecule has 0 atom stereocenters. The zero-order valence-corrected chi connectivity index (χ0v) is 13.6. The smallest absolute Gasteiger partial charge is 0.276 e. The third-order valence-electron chi connectivity index (χ3n) is 3.21. The molecule has 1 N–H and O–H groups in total. The number of nitrogens with one attached hydrogen (secondary N) is 1. The van der Waals surface area contributed by atoms with Crippen LogP contribution in [0.15, 0.2) is 48.0 Å². The Morgan fingerprint density at radius 1 is 1.15 bits per heavy atom. The fourth-order valence-corrected chi connectivity index (χ4v) is 2.16. The number of nitrogens with zero attached hydrogens (tertiary/aromatic N) is 3. The van der Waals surface area contributed by atoms with Gasteiger partial charge in [0.05, 0.1) is 26.1 Å². The van der Waals surface area contributed by atoms with Gasteiger partial charge in [-0.25, -0.2) is 0 Å². The number of amides is 1. The molecule has 0 heterocycles. The molecule has 0 aliphatic rings. The van der Waals surface area contributed by atoms with Gasteiger partial charge in [-0.1, -0.05) is 23.7 Å². The van der Waals surface area contributed by atoms with E-state index in [1.807, 2.05) is 0 Å². The molecule has 0 spiro atoms. The van der Waals surface area contributed by atoms with E-state index in [-0.39, 0.29) is 27.6 Å². The standard InChI is InChI=1S/C16H9ClN4O5/c17-13-6-5-12(20(23)24)8-14(13)19-16(22)11(9-18)7-10-3-1-2-4-15(10)21(25)26/h1-8H,(H,19,22)/b11-7+. The Morgan fingerprint density at radius 3 is 2.46 bits per heavy atom. The van der Waals surface area contributed by atoms with Crippen LogP contribution in [0, 0.1) is 31.6 Å². The molecule has 0 unspecified atom stereocenters. The number of anilines is 1. The van der Waals surface area contributed by atoms with E-state index >= 15 is 0 Å². The first-order valence-electron chi connectivity index (χ1n) is 6.94. The predicted molar refractivity (Wildman–Crippen MR) is 93.4 cm³/mol. The highest BCUT2D eigenvalue weighted by Crippen LogP contribution is 2.27. The Balaban J connectivity index is 2.37. The van der Waals surface area contributed by atoms with E-state index in [0.29, 0.717) is 0 Å². The lowest BCUT2D eigenvalue weighted by molar-refractivity contribution is -0.385. The molecule has 0 bridgehead atoms. The largest absolute Gasteiger partial charge is 0.320 e. The van der Waals surface area contributed by atoms with E-state index in [1.54, 1.807) is 6.07 Å². The first-order valence-corrected chi connectivity index (χ1v) is 7.31. The topological polar surface area (TPSA) is 139 Å². The summed E-state index contributed by atoms with van der Waals surface area (Å²) in [4.78, 5) is 32.8. The van der Waals surface area contributed by atoms with Crippen LogP contribution in [0.1, 0.15) is 5.56 Å². The number of hydrogen-bond acceptors (Lipinski definition) is 6. The van der Waals surface area contributed by atoms with Gasteiger partial charge >= 0.3 is 0 Å². The number of benzene rings is 2. The fraction of sp³-hybridized carbons (Fsp3) is 0. The summed E-state index contributed by atoms with van der Waals surface area (Å²) >= 11 is 5.89. The van der Waals surface area contributed by atoms with Crippen LogP contribution in [0.4, 0.5) is 17.1 Å². The first kappa shape index (κ1) is 18.6. The molecule has 0 radical (unpaired) electrons. The lowest BCUT2D eigenvalue weighted by atomic mass is 10.1. The molecule has 1 amide bonds. The second-order valence-corrected chi connectivity index (χ2v) is 5.27. The molecule has 26 heavy (non-hydrogen) atoms. The summed E-state index contributed by atoms with van der Waals surface area (Å²) in [5, 5.41) is 33.3. The highest BCUT2D eigenvalue weighted by atomic mass is 35.5. The van der Waals surface area contributed by atoms with E-state index in [4.69, 9.17) is 11.6 Å². The number of carbonyl (C=O) groups is 1. The number of carbonyl (C=O) groups excluding carboxylic acids is 1. The summed E-state index contributed by atoms with van der Waals surface area (Å²) in [5.41, 5.74) is -1.00. The molecular formula is C16H9ClN4O5. The van der Waals surface area contributed by atoms with E-state index < -0.39 is 21.3 Å². The van der Waals surface area contributed by atoms with E-state index in [2.05, 4.69) is 5.32 Å². The van der Waals surface area contributed by atoms with Crippen LogP contribution in [-0.4, -0.2) is 15.8 Å². The summed E-state index contributed by atoms with van der Waals surface area (Å²) in [6.07, 6.45) is 1.05. The van der Waals surface area contributed by atoms with Crippen molar-refractivity contribution in [2.75, 3.05) is 5.32 Å². The van der Waals surface area contributed by atoms with Crippen LogP contribution in [0.25, 0.3) is 6.08 Å². The number of hydrogen-bond donors (Lipinski definition) is 1. The molecule has 130 valence electrons. The van der Waals surface area contributed by atoms with Gasteiger partial charge in [-0.2, -0.15) is 5.26 Å². The van der Waals surface area contributed by atoms with Crippen LogP contribution in [0.5, 0.6) is 0 Å². The van der Waals surface area contributed by atoms with Gasteiger partial charge in [0.2, 0.25) is 0 Å². The van der Waals surface area contributed by atoms with E-state index in [9.17, 15) is 30.3 Å². The maximum atomic E-state index is 12.3. The predicted octanol–water partition coefficient (Wildman–Crippen LogP) is 3.70. The molecule has 9 nitrogen and oxygen atoms in total. The van der Waals surface area contributed by atoms with Crippen molar-refractivity contribution in [3.8, 4) is 6.07 Å². The number of halogens is 1. The summed E-state index contributed by atoms with van der Waals surface area (Å²) in [5.74, 6) is -0.909. The van der Waals surface area contributed by atoms with Gasteiger partial charge in [-0.3, -0.25) is 25.0 Å². The van der Waals surface area contributed by atoms with Gasteiger partial charge < -0.3 is 5.32 Å². The minimum absolute atomic E-state index is 0.0342. The van der Waals surface area contributed by atoms with Crippen LogP contribution in [0.3, 0.4) is 0 Å². The minimum Gasteiger partial charge on any atom is -0.320 e. The molecule has 0 fully saturated rings. The molecule has 0 aromatic heterocycles. The Labute approximate surface area is 151 Å². The molecule has 0 saturated carbocycles. The molecule has 2 rings (SSSR count). The van der Waals surface area contributed by atoms with Gasteiger partial charge in [-0.15, -0.1) is 0 Å². The number of nitriles is 1. The molecule has 0 aliphatic carbocycles. The monoisotopic (exact) mass is 372 g/mol. The van der Waals surface area contributed by atoms with Gasteiger partial charge in [0.1, 0.15) is 11.6 Å². The minimum atomic E-state index is -0.909. The van der Waals surface area contributed by atoms with Crippen molar-refractivity contribution in [1.29, 1.82) is 5.26 Å². The molecule has 2 aromatic rings. The maximum Gasteiger partial charge on any atom is 0.276 e. The van der Waals surface area contributed by atoms with Crippen molar-refractivity contribution < 1.29 is 14.6 Å². The Kier molecular flexibility index (Phi) is 5.62. The van der Waals surface area contributed by atoms with Crippen molar-refractivity contribution in [2.24, 2.45) is 0 Å². The molecule has 0 saturated heterocycles. The summed E-state index contributed by atoms with van der Waals surface area (Å²) in [6, 6.07) is 10.6. The van der Waals surface area contributed by atoms with Gasteiger partial charge in [0.25, 0.3) is 17.3 Å². The lowest BCUT2D eigenvalue weighted by Gasteiger charge is -2.06. The zero-order chi connectivity index (χ0) is 19.3. The summed E-state index contributed by atoms with van der Waals surface area (Å²) in [6.45, 7) is 0. The molecule has 0 aliphatic heterocycles. The third kappa shape index (κ3) is 4.19. The van der Waals surface area contributed by atoms with Crippen molar-refractivity contribution in [2.45, 2.75) is 0 Å². The number of nitro groups is 2. The Hall–Kier alpha value is -3.77. The highest BCUT2D eigenvalue weighted by Gasteiger charge is 2.17. The van der Waals surface area contributed by atoms with Crippen molar-refractivity contribution in [3.05, 3.63) is 78.9 Å². The van der Waals surface area contributed by atoms with Crippen LogP contribution in [-0.2, 0) is 4.79 Å². The number of nitro benzene ring substituents is 2. The first-order chi connectivity index (χ1) is 12.3. The summed E-state index contributed by atoms with van der Waals surface area (Å²) in [7, 11) is 0. The molecular weight excluding hydrogens is 364 g/mol. The van der Waals surface area contributed by atoms with Crippen molar-refractivity contribution in [3.63, 3.8) is 0 Å². The zero-order valence-electron chi connectivity index (χ0n) is 12.9. The van der Waals surface area contributed by atoms with E-state index in [0.717, 1.165) is 18.2 Å². The van der Waals surface area contributed by atoms with Crippen LogP contribution >= 0.6 is 11.6 Å². The van der Waals surface area contributed by atoms with Crippen LogP contribution < -0.4 is 5.32 Å². The van der Waals surface area contributed by atoms with Gasteiger partial charge in [0, 0.05) is 18.2 Å². The second-order valence-electron chi connectivity index (χ2n) is 4.86. The van der Waals surface area contributed by atoms with E-state index in [1.165, 1.54) is 30.3 Å². The van der Waals surface area contributed by atoms with Crippen LogP contribution in [0.2, 0.25) is 5.02 Å². The number of non-ortho nitro benzene ring substituents is 1. The van der Waals surface area contributed by atoms with Crippen molar-refractivity contribution >= 4 is 40.6 Å². The third-order valence-corrected chi connectivity index (χ3v) is 3.54. The quantitative estimate of drug-likeness (QED) is 0.367. The molecule has 10 heteroatoms.